The first-order valence-electron chi connectivity index (χ1n) is 25.9. The van der Waals surface area contributed by atoms with Gasteiger partial charge < -0.3 is 44.2 Å². The molecule has 14 nitrogen and oxygen atoms in total. The normalized spacial score (nSPS) is 33.5. The van der Waals surface area contributed by atoms with Crippen molar-refractivity contribution in [2.45, 2.75) is 125 Å². The molecule has 3 fully saturated rings. The maximum Gasteiger partial charge on any atom is 0.344 e. The number of hydrogen-bond acceptors (Lipinski definition) is 12. The number of aliphatic hydroxyl groups is 1. The number of amides is 1. The second kappa shape index (κ2) is 17.2. The number of methoxy groups -OCH3 is 3. The number of aromatic nitrogens is 1. The quantitative estimate of drug-likeness (QED) is 0.0976. The summed E-state index contributed by atoms with van der Waals surface area (Å²) in [5.74, 6) is -1.67. The first-order chi connectivity index (χ1) is 34.2. The smallest absolute Gasteiger partial charge is 0.344 e. The molecule has 2 aliphatic carbocycles. The lowest BCUT2D eigenvalue weighted by molar-refractivity contribution is -0.228. The van der Waals surface area contributed by atoms with Crippen LogP contribution in [0.3, 0.4) is 0 Å². The third-order valence-electron chi connectivity index (χ3n) is 18.6. The Morgan fingerprint density at radius 1 is 0.873 bits per heavy atom. The molecule has 1 unspecified atom stereocenters. The number of anilines is 1. The van der Waals surface area contributed by atoms with Crippen LogP contribution in [0.4, 0.5) is 5.69 Å². The van der Waals surface area contributed by atoms with Gasteiger partial charge in [0.25, 0.3) is 5.91 Å². The summed E-state index contributed by atoms with van der Waals surface area (Å²) in [6.07, 6.45) is 10.4. The number of nitrogens with one attached hydrogen (secondary N) is 2. The summed E-state index contributed by atoms with van der Waals surface area (Å²) >= 11 is 0. The minimum absolute atomic E-state index is 0.0778. The van der Waals surface area contributed by atoms with Gasteiger partial charge in [-0.25, -0.2) is 4.79 Å². The number of ether oxygens (including phenoxy) is 4. The Morgan fingerprint density at radius 2 is 1.65 bits per heavy atom. The van der Waals surface area contributed by atoms with Gasteiger partial charge in [-0.2, -0.15) is 0 Å². The van der Waals surface area contributed by atoms with Gasteiger partial charge in [-0.05, 0) is 123 Å². The fourth-order valence-electron chi connectivity index (χ4n) is 15.9. The van der Waals surface area contributed by atoms with Crippen molar-refractivity contribution in [3.63, 3.8) is 0 Å². The van der Waals surface area contributed by atoms with Crippen LogP contribution in [0.1, 0.15) is 110 Å². The molecule has 3 aromatic carbocycles. The molecule has 4 aromatic rings. The number of carbonyl (C=O) groups is 4. The van der Waals surface area contributed by atoms with Gasteiger partial charge >= 0.3 is 17.9 Å². The van der Waals surface area contributed by atoms with Crippen LogP contribution in [0, 0.1) is 11.3 Å². The van der Waals surface area contributed by atoms with Gasteiger partial charge in [0, 0.05) is 96.5 Å². The zero-order valence-corrected chi connectivity index (χ0v) is 42.3. The van der Waals surface area contributed by atoms with Crippen LogP contribution in [0.2, 0.25) is 0 Å². The van der Waals surface area contributed by atoms with Crippen LogP contribution in [0.15, 0.2) is 66.7 Å². The van der Waals surface area contributed by atoms with E-state index in [1.807, 2.05) is 43.1 Å². The van der Waals surface area contributed by atoms with Crippen molar-refractivity contribution in [3.05, 3.63) is 106 Å². The van der Waals surface area contributed by atoms with Crippen LogP contribution >= 0.6 is 0 Å². The molecule has 1 amide bonds. The second-order valence-electron chi connectivity index (χ2n) is 21.9. The number of benzene rings is 3. The number of H-pyrrole nitrogens is 1. The molecular weight excluding hydrogens is 899 g/mol. The minimum atomic E-state index is -2.33. The second-order valence-corrected chi connectivity index (χ2v) is 21.9. The van der Waals surface area contributed by atoms with Gasteiger partial charge in [0.2, 0.25) is 5.60 Å². The highest BCUT2D eigenvalue weighted by Gasteiger charge is 2.80. The van der Waals surface area contributed by atoms with Crippen molar-refractivity contribution in [3.8, 4) is 5.75 Å². The fourth-order valence-corrected chi connectivity index (χ4v) is 15.9. The van der Waals surface area contributed by atoms with Crippen molar-refractivity contribution in [2.24, 2.45) is 11.3 Å². The predicted molar refractivity (Wildman–Crippen MR) is 269 cm³/mol. The fraction of sp³-hybridized carbons (Fsp3) is 0.544. The molecule has 11 rings (SSSR count). The van der Waals surface area contributed by atoms with E-state index in [0.717, 1.165) is 52.7 Å². The van der Waals surface area contributed by atoms with Gasteiger partial charge in [-0.1, -0.05) is 50.3 Å². The maximum atomic E-state index is 15.8. The Labute approximate surface area is 416 Å². The van der Waals surface area contributed by atoms with Gasteiger partial charge in [-0.15, -0.1) is 0 Å². The number of rotatable bonds is 9. The Balaban J connectivity index is 1.12. The van der Waals surface area contributed by atoms with E-state index in [4.69, 9.17) is 18.9 Å². The molecule has 1 spiro atoms. The number of piperidine rings is 1. The summed E-state index contributed by atoms with van der Waals surface area (Å²) in [5.41, 5.74) is 1.83. The predicted octanol–water partition coefficient (Wildman–Crippen LogP) is 6.31. The molecule has 376 valence electrons. The number of carbonyl (C=O) groups excluding carboxylic acids is 4. The van der Waals surface area contributed by atoms with Crippen LogP contribution < -0.4 is 15.0 Å². The summed E-state index contributed by atoms with van der Waals surface area (Å²) in [5, 5.41) is 18.1. The summed E-state index contributed by atoms with van der Waals surface area (Å²) in [7, 11) is 6.21. The van der Waals surface area contributed by atoms with Crippen molar-refractivity contribution >= 4 is 40.4 Å². The molecule has 10 atom stereocenters. The molecular formula is C57H69N5O9. The molecule has 2 bridgehead atoms. The van der Waals surface area contributed by atoms with Crippen LogP contribution in [-0.2, 0) is 58.7 Å². The Morgan fingerprint density at radius 3 is 2.38 bits per heavy atom. The molecule has 1 saturated carbocycles. The van der Waals surface area contributed by atoms with E-state index in [2.05, 4.69) is 69.5 Å². The largest absolute Gasteiger partial charge is 0.496 e. The lowest BCUT2D eigenvalue weighted by Gasteiger charge is -2.63. The molecule has 1 aromatic heterocycles. The van der Waals surface area contributed by atoms with Crippen molar-refractivity contribution < 1.29 is 43.2 Å². The number of hydrogen-bond donors (Lipinski definition) is 3. The Bertz CT molecular complexity index is 2880. The van der Waals surface area contributed by atoms with Gasteiger partial charge in [0.15, 0.2) is 6.10 Å². The molecule has 2 saturated heterocycles. The standard InChI is InChI=1S/C57H69N5O9/c1-8-53(59-47(64)38-20-19-36-15-10-11-16-37(36)27-38)30-35-31-56(51(65)69-6,46-40(21-25-61(32-35)33-53)39-17-12-13-18-43(39)58-46)42-28-41-44(29-45(42)68-5)60(4)49-55(41)23-26-62-24-14-22-54(9-2,48(55)62)50(71-34(3)63)57(49,67)52(66)70-7/h12-14,17-20,22,27-29,35,48-50,58,67H,8-11,15-16,21,23-26,30-33H2,1-7H3,(H,59,64)/t35-,48+,49-,50-,53+,54-,55-,56+,57+/m1/s1. The van der Waals surface area contributed by atoms with Crippen molar-refractivity contribution in [1.82, 2.24) is 20.1 Å². The van der Waals surface area contributed by atoms with E-state index in [1.165, 1.54) is 38.7 Å². The number of likely N-dealkylation sites (N-methyl/N-ethyl adjacent to an activating group) is 1. The number of esters is 3. The van der Waals surface area contributed by atoms with E-state index in [0.29, 0.717) is 88.1 Å². The summed E-state index contributed by atoms with van der Waals surface area (Å²) in [6.45, 7) is 8.84. The first kappa shape index (κ1) is 47.6. The van der Waals surface area contributed by atoms with E-state index in [-0.39, 0.29) is 17.9 Å². The summed E-state index contributed by atoms with van der Waals surface area (Å²) in [6, 6.07) is 17.2. The Hall–Kier alpha value is -5.70. The number of para-hydroxylation sites is 1. The van der Waals surface area contributed by atoms with Gasteiger partial charge in [0.1, 0.15) is 11.2 Å². The molecule has 6 heterocycles. The van der Waals surface area contributed by atoms with E-state index in [1.54, 1.807) is 7.11 Å². The van der Waals surface area contributed by atoms with Crippen LogP contribution in [0.5, 0.6) is 5.75 Å². The molecule has 0 radical (unpaired) electrons. The molecule has 3 N–H and O–H groups in total. The Kier molecular flexibility index (Phi) is 11.6. The van der Waals surface area contributed by atoms with E-state index in [9.17, 15) is 19.5 Å². The molecule has 7 aliphatic rings. The average molecular weight is 968 g/mol. The zero-order valence-electron chi connectivity index (χ0n) is 42.3. The first-order valence-corrected chi connectivity index (χ1v) is 25.9. The average Bonchev–Trinajstić information content (AvgIpc) is 4.05. The highest BCUT2D eigenvalue weighted by atomic mass is 16.6. The van der Waals surface area contributed by atoms with Crippen molar-refractivity contribution in [1.29, 1.82) is 0 Å². The zero-order chi connectivity index (χ0) is 49.8. The number of aromatic amines is 1. The topological polar surface area (TPSA) is 163 Å². The number of nitrogens with zero attached hydrogens (tertiary/aromatic N) is 3. The summed E-state index contributed by atoms with van der Waals surface area (Å²) in [4.78, 5) is 68.7. The number of fused-ring (bicyclic) bond motifs is 7. The van der Waals surface area contributed by atoms with Gasteiger partial charge in [-0.3, -0.25) is 19.3 Å². The molecule has 14 heteroatoms. The minimum Gasteiger partial charge on any atom is -0.496 e. The number of aryl methyl sites for hydroxylation is 2. The van der Waals surface area contributed by atoms with Gasteiger partial charge in [0.05, 0.1) is 32.9 Å². The maximum absolute atomic E-state index is 15.8. The van der Waals surface area contributed by atoms with Crippen LogP contribution in [0.25, 0.3) is 10.9 Å². The monoisotopic (exact) mass is 968 g/mol. The lowest BCUT2D eigenvalue weighted by atomic mass is 9.47. The lowest BCUT2D eigenvalue weighted by Crippen LogP contribution is -2.81. The third-order valence-corrected chi connectivity index (χ3v) is 18.6. The summed E-state index contributed by atoms with van der Waals surface area (Å²) < 4.78 is 24.4. The van der Waals surface area contributed by atoms with E-state index >= 15 is 4.79 Å². The highest BCUT2D eigenvalue weighted by molar-refractivity contribution is 5.96. The van der Waals surface area contributed by atoms with E-state index < -0.39 is 57.4 Å². The van der Waals surface area contributed by atoms with Crippen molar-refractivity contribution in [2.75, 3.05) is 66.0 Å². The highest BCUT2D eigenvalue weighted by Crippen LogP contribution is 2.68. The molecule has 5 aliphatic heterocycles. The molecule has 71 heavy (non-hydrogen) atoms. The SMILES string of the molecule is CC[C@]1(NC(=O)c2ccc3c(c2)CCCC3)C[C@H]2CN(CCc3c([nH]c4ccccc34)[C@@](C(=O)OC)(c3cc4c(cc3OC)N(C)[C@H]3[C@@](O)(C(=O)OC)[C@H](OC(C)=O)[C@]5(CC)C=CCN6CC[C@]43[C@@H]65)C2)C1. The van der Waals surface area contributed by atoms with Crippen LogP contribution in [-0.4, -0.2) is 134 Å². The third kappa shape index (κ3) is 6.68.